The van der Waals surface area contributed by atoms with Crippen LogP contribution < -0.4 is 4.74 Å². The Morgan fingerprint density at radius 2 is 2.00 bits per heavy atom. The molecule has 4 nitrogen and oxygen atoms in total. The Morgan fingerprint density at radius 1 is 1.33 bits per heavy atom. The lowest BCUT2D eigenvalue weighted by molar-refractivity contribution is 0.0662. The first-order valence-corrected chi connectivity index (χ1v) is 11.0. The minimum absolute atomic E-state index is 0.205. The summed E-state index contributed by atoms with van der Waals surface area (Å²) in [5, 5.41) is 7.02. The summed E-state index contributed by atoms with van der Waals surface area (Å²) in [5.74, 6) is 1.37. The standard InChI is InChI=1S/C16H30N2O2Si/c1-16(2,3)21(4,5)20-14(13-8-6-7-9-13)12-19-15-10-11-17-18-15/h10-11,13-14H,6-9,12H2,1-5H3,(H,17,18). The summed E-state index contributed by atoms with van der Waals surface area (Å²) in [5.41, 5.74) is 0. The smallest absolute Gasteiger partial charge is 0.209 e. The summed E-state index contributed by atoms with van der Waals surface area (Å²) in [6.45, 7) is 12.2. The Bertz CT molecular complexity index is 420. The molecule has 0 saturated heterocycles. The van der Waals surface area contributed by atoms with Crippen LogP contribution in [0.25, 0.3) is 0 Å². The molecule has 1 aliphatic rings. The lowest BCUT2D eigenvalue weighted by Gasteiger charge is -2.40. The van der Waals surface area contributed by atoms with Crippen molar-refractivity contribution in [1.29, 1.82) is 0 Å². The second-order valence-corrected chi connectivity index (χ2v) is 12.4. The van der Waals surface area contributed by atoms with Gasteiger partial charge in [0.1, 0.15) is 6.61 Å². The fraction of sp³-hybridized carbons (Fsp3) is 0.812. The second kappa shape index (κ2) is 6.52. The highest BCUT2D eigenvalue weighted by molar-refractivity contribution is 6.74. The molecule has 0 spiro atoms. The van der Waals surface area contributed by atoms with Gasteiger partial charge in [-0.1, -0.05) is 33.6 Å². The number of rotatable bonds is 6. The van der Waals surface area contributed by atoms with E-state index in [1.54, 1.807) is 6.20 Å². The third kappa shape index (κ3) is 4.33. The van der Waals surface area contributed by atoms with Gasteiger partial charge in [-0.05, 0) is 36.9 Å². The molecule has 0 amide bonds. The van der Waals surface area contributed by atoms with Gasteiger partial charge in [-0.25, -0.2) is 5.10 Å². The van der Waals surface area contributed by atoms with Crippen molar-refractivity contribution in [3.8, 4) is 5.88 Å². The first-order valence-electron chi connectivity index (χ1n) is 8.09. The molecule has 0 aromatic carbocycles. The first-order chi connectivity index (χ1) is 9.79. The van der Waals surface area contributed by atoms with Gasteiger partial charge in [-0.3, -0.25) is 0 Å². The van der Waals surface area contributed by atoms with Crippen LogP contribution >= 0.6 is 0 Å². The van der Waals surface area contributed by atoms with Crippen molar-refractivity contribution in [3.05, 3.63) is 12.3 Å². The second-order valence-electron chi connectivity index (χ2n) is 7.69. The maximum atomic E-state index is 6.66. The first kappa shape index (κ1) is 16.6. The van der Waals surface area contributed by atoms with Crippen molar-refractivity contribution in [2.24, 2.45) is 5.92 Å². The van der Waals surface area contributed by atoms with Gasteiger partial charge in [0.25, 0.3) is 0 Å². The molecule has 1 saturated carbocycles. The van der Waals surface area contributed by atoms with E-state index in [0.717, 1.165) is 5.88 Å². The predicted octanol–water partition coefficient (Wildman–Crippen LogP) is 4.37. The largest absolute Gasteiger partial charge is 0.475 e. The SMILES string of the molecule is CC(C)(C)[Si](C)(C)OC(COc1ccn[nH]1)C1CCCC1. The average Bonchev–Trinajstić information content (AvgIpc) is 3.05. The number of hydrogen-bond acceptors (Lipinski definition) is 3. The van der Waals surface area contributed by atoms with E-state index in [0.29, 0.717) is 12.5 Å². The van der Waals surface area contributed by atoms with E-state index in [1.165, 1.54) is 25.7 Å². The van der Waals surface area contributed by atoms with Crippen LogP contribution in [0.5, 0.6) is 5.88 Å². The number of ether oxygens (including phenoxy) is 1. The maximum absolute atomic E-state index is 6.66. The molecular weight excluding hydrogens is 280 g/mol. The van der Waals surface area contributed by atoms with Gasteiger partial charge in [0.2, 0.25) is 5.88 Å². The van der Waals surface area contributed by atoms with Gasteiger partial charge in [0.05, 0.1) is 12.3 Å². The zero-order chi connectivity index (χ0) is 15.5. The number of aromatic nitrogens is 2. The Hall–Kier alpha value is -0.813. The Balaban J connectivity index is 2.01. The number of H-pyrrole nitrogens is 1. The van der Waals surface area contributed by atoms with Gasteiger partial charge < -0.3 is 9.16 Å². The van der Waals surface area contributed by atoms with Gasteiger partial charge >= 0.3 is 0 Å². The van der Waals surface area contributed by atoms with E-state index in [2.05, 4.69) is 44.1 Å². The highest BCUT2D eigenvalue weighted by Gasteiger charge is 2.41. The molecule has 120 valence electrons. The molecule has 1 fully saturated rings. The predicted molar refractivity (Wildman–Crippen MR) is 88.1 cm³/mol. The monoisotopic (exact) mass is 310 g/mol. The van der Waals surface area contributed by atoms with Gasteiger partial charge in [-0.2, -0.15) is 5.10 Å². The maximum Gasteiger partial charge on any atom is 0.209 e. The molecule has 1 heterocycles. The number of hydrogen-bond donors (Lipinski definition) is 1. The minimum Gasteiger partial charge on any atom is -0.475 e. The van der Waals surface area contributed by atoms with E-state index in [4.69, 9.17) is 9.16 Å². The van der Waals surface area contributed by atoms with Crippen LogP contribution in [-0.4, -0.2) is 31.2 Å². The Labute approximate surface area is 129 Å². The Morgan fingerprint density at radius 3 is 2.52 bits per heavy atom. The fourth-order valence-electron chi connectivity index (χ4n) is 2.65. The third-order valence-corrected chi connectivity index (χ3v) is 9.56. The van der Waals surface area contributed by atoms with Gasteiger partial charge in [-0.15, -0.1) is 0 Å². The van der Waals surface area contributed by atoms with Crippen molar-refractivity contribution in [1.82, 2.24) is 10.2 Å². The Kier molecular flexibility index (Phi) is 5.14. The van der Waals surface area contributed by atoms with Crippen molar-refractivity contribution in [3.63, 3.8) is 0 Å². The van der Waals surface area contributed by atoms with Crippen molar-refractivity contribution < 1.29 is 9.16 Å². The van der Waals surface area contributed by atoms with E-state index >= 15 is 0 Å². The molecular formula is C16H30N2O2Si. The van der Waals surface area contributed by atoms with Crippen LogP contribution in [0.2, 0.25) is 18.1 Å². The van der Waals surface area contributed by atoms with E-state index in [-0.39, 0.29) is 11.1 Å². The van der Waals surface area contributed by atoms with Crippen LogP contribution in [-0.2, 0) is 4.43 Å². The van der Waals surface area contributed by atoms with Crippen LogP contribution in [0, 0.1) is 5.92 Å². The van der Waals surface area contributed by atoms with Crippen molar-refractivity contribution in [2.75, 3.05) is 6.61 Å². The average molecular weight is 311 g/mol. The third-order valence-electron chi connectivity index (χ3n) is 5.06. The zero-order valence-electron chi connectivity index (χ0n) is 14.1. The molecule has 5 heteroatoms. The molecule has 1 atom stereocenters. The lowest BCUT2D eigenvalue weighted by Crippen LogP contribution is -2.47. The quantitative estimate of drug-likeness (QED) is 0.794. The highest BCUT2D eigenvalue weighted by atomic mass is 28.4. The summed E-state index contributed by atoms with van der Waals surface area (Å²) < 4.78 is 12.5. The molecule has 0 aliphatic heterocycles. The molecule has 1 aliphatic carbocycles. The normalized spacial score (nSPS) is 18.9. The molecule has 1 N–H and O–H groups in total. The van der Waals surface area contributed by atoms with Crippen LogP contribution in [0.4, 0.5) is 0 Å². The number of nitrogens with one attached hydrogen (secondary N) is 1. The fourth-order valence-corrected chi connectivity index (χ4v) is 4.02. The van der Waals surface area contributed by atoms with Crippen LogP contribution in [0.3, 0.4) is 0 Å². The molecule has 0 bridgehead atoms. The van der Waals surface area contributed by atoms with Crippen LogP contribution in [0.15, 0.2) is 12.3 Å². The molecule has 2 rings (SSSR count). The van der Waals surface area contributed by atoms with Crippen molar-refractivity contribution >= 4 is 8.32 Å². The summed E-state index contributed by atoms with van der Waals surface area (Å²) in [7, 11) is -1.76. The molecule has 0 radical (unpaired) electrons. The number of nitrogens with zero attached hydrogens (tertiary/aromatic N) is 1. The summed E-state index contributed by atoms with van der Waals surface area (Å²) >= 11 is 0. The van der Waals surface area contributed by atoms with E-state index in [1.807, 2.05) is 6.07 Å². The highest BCUT2D eigenvalue weighted by Crippen LogP contribution is 2.40. The number of aromatic amines is 1. The van der Waals surface area contributed by atoms with E-state index < -0.39 is 8.32 Å². The van der Waals surface area contributed by atoms with Gasteiger partial charge in [0.15, 0.2) is 8.32 Å². The minimum atomic E-state index is -1.76. The molecule has 1 unspecified atom stereocenters. The topological polar surface area (TPSA) is 47.1 Å². The molecule has 1 aromatic heterocycles. The van der Waals surface area contributed by atoms with Crippen molar-refractivity contribution in [2.45, 2.75) is 70.7 Å². The summed E-state index contributed by atoms with van der Waals surface area (Å²) in [4.78, 5) is 0. The lowest BCUT2D eigenvalue weighted by atomic mass is 10.0. The molecule has 21 heavy (non-hydrogen) atoms. The van der Waals surface area contributed by atoms with E-state index in [9.17, 15) is 0 Å². The molecule has 1 aromatic rings. The summed E-state index contributed by atoms with van der Waals surface area (Å²) in [6.07, 6.45) is 7.11. The zero-order valence-corrected chi connectivity index (χ0v) is 15.1. The van der Waals surface area contributed by atoms with Crippen LogP contribution in [0.1, 0.15) is 46.5 Å². The summed E-state index contributed by atoms with van der Waals surface area (Å²) in [6, 6.07) is 1.86. The van der Waals surface area contributed by atoms with Gasteiger partial charge in [0, 0.05) is 6.07 Å².